The van der Waals surface area contributed by atoms with E-state index in [2.05, 4.69) is 26.6 Å². The Labute approximate surface area is 195 Å². The Morgan fingerprint density at radius 3 is 2.74 bits per heavy atom. The van der Waals surface area contributed by atoms with Crippen LogP contribution in [0.2, 0.25) is 0 Å². The van der Waals surface area contributed by atoms with Gasteiger partial charge in [0.05, 0.1) is 20.5 Å². The molecule has 3 N–H and O–H groups in total. The zero-order valence-electron chi connectivity index (χ0n) is 18.8. The van der Waals surface area contributed by atoms with Gasteiger partial charge in [0.1, 0.15) is 5.69 Å². The van der Waals surface area contributed by atoms with E-state index in [0.29, 0.717) is 29.5 Å². The van der Waals surface area contributed by atoms with E-state index in [0.717, 1.165) is 22.0 Å². The van der Waals surface area contributed by atoms with Crippen LogP contribution in [0.1, 0.15) is 27.5 Å². The number of aromatic amines is 2. The van der Waals surface area contributed by atoms with Crippen LogP contribution < -0.4 is 14.8 Å². The van der Waals surface area contributed by atoms with Gasteiger partial charge >= 0.3 is 0 Å². The number of hydrogen-bond donors (Lipinski definition) is 3. The molecule has 5 rings (SSSR count). The van der Waals surface area contributed by atoms with Crippen LogP contribution in [0.15, 0.2) is 77.5 Å². The molecule has 34 heavy (non-hydrogen) atoms. The predicted octanol–water partition coefficient (Wildman–Crippen LogP) is 4.73. The highest BCUT2D eigenvalue weighted by atomic mass is 16.5. The van der Waals surface area contributed by atoms with Crippen LogP contribution >= 0.6 is 0 Å². The number of nitrogens with one attached hydrogen (secondary N) is 3. The lowest BCUT2D eigenvalue weighted by Gasteiger charge is -2.21. The largest absolute Gasteiger partial charge is 0.493 e. The summed E-state index contributed by atoms with van der Waals surface area (Å²) in [7, 11) is 3.23. The lowest BCUT2D eigenvalue weighted by Crippen LogP contribution is -2.29. The molecule has 8 heteroatoms. The summed E-state index contributed by atoms with van der Waals surface area (Å²) in [6, 6.07) is 19.1. The van der Waals surface area contributed by atoms with E-state index in [1.165, 1.54) is 0 Å². The number of hydrogen-bond acceptors (Lipinski definition) is 5. The number of carbonyl (C=O) groups excluding carboxylic acids is 1. The topological polar surface area (TPSA) is 105 Å². The van der Waals surface area contributed by atoms with Gasteiger partial charge in [-0.3, -0.25) is 9.89 Å². The predicted molar refractivity (Wildman–Crippen MR) is 128 cm³/mol. The van der Waals surface area contributed by atoms with Gasteiger partial charge in [-0.2, -0.15) is 5.10 Å². The number of ether oxygens (including phenoxy) is 2. The number of benzene rings is 2. The first kappa shape index (κ1) is 21.4. The van der Waals surface area contributed by atoms with Gasteiger partial charge in [0.25, 0.3) is 5.91 Å². The average molecular weight is 457 g/mol. The molecular formula is C26H24N4O4. The Morgan fingerprint density at radius 1 is 1.06 bits per heavy atom. The van der Waals surface area contributed by atoms with Crippen molar-refractivity contribution in [2.75, 3.05) is 20.8 Å². The first-order chi connectivity index (χ1) is 16.7. The van der Waals surface area contributed by atoms with Gasteiger partial charge in [0, 0.05) is 41.2 Å². The summed E-state index contributed by atoms with van der Waals surface area (Å²) in [5.41, 5.74) is 3.89. The number of rotatable bonds is 8. The fraction of sp³-hybridized carbons (Fsp3) is 0.154. The van der Waals surface area contributed by atoms with Crippen molar-refractivity contribution in [1.29, 1.82) is 0 Å². The van der Waals surface area contributed by atoms with Gasteiger partial charge in [-0.1, -0.05) is 30.3 Å². The van der Waals surface area contributed by atoms with E-state index in [1.54, 1.807) is 38.7 Å². The fourth-order valence-electron chi connectivity index (χ4n) is 4.24. The summed E-state index contributed by atoms with van der Waals surface area (Å²) in [4.78, 5) is 16.3. The summed E-state index contributed by atoms with van der Waals surface area (Å²) in [5.74, 6) is 1.39. The number of para-hydroxylation sites is 2. The van der Waals surface area contributed by atoms with Gasteiger partial charge in [-0.25, -0.2) is 0 Å². The normalized spacial score (nSPS) is 11.9. The summed E-state index contributed by atoms with van der Waals surface area (Å²) in [6.07, 6.45) is 3.55. The number of carbonyl (C=O) groups is 1. The van der Waals surface area contributed by atoms with E-state index in [-0.39, 0.29) is 17.5 Å². The van der Waals surface area contributed by atoms with Crippen LogP contribution in [0.5, 0.6) is 11.5 Å². The van der Waals surface area contributed by atoms with Crippen LogP contribution in [0, 0.1) is 0 Å². The minimum atomic E-state index is -0.291. The highest BCUT2D eigenvalue weighted by Crippen LogP contribution is 2.40. The Bertz CT molecular complexity index is 1420. The summed E-state index contributed by atoms with van der Waals surface area (Å²) in [5, 5.41) is 11.1. The smallest absolute Gasteiger partial charge is 0.271 e. The molecule has 2 aromatic carbocycles. The highest BCUT2D eigenvalue weighted by Gasteiger charge is 2.25. The molecule has 3 aromatic heterocycles. The van der Waals surface area contributed by atoms with Crippen LogP contribution in [0.3, 0.4) is 0 Å². The summed E-state index contributed by atoms with van der Waals surface area (Å²) in [6.45, 7) is 0.327. The third-order valence-corrected chi connectivity index (χ3v) is 5.87. The molecule has 5 aromatic rings. The number of H-pyrrole nitrogens is 2. The second-order valence-corrected chi connectivity index (χ2v) is 7.78. The van der Waals surface area contributed by atoms with Gasteiger partial charge in [-0.05, 0) is 29.8 Å². The summed E-state index contributed by atoms with van der Waals surface area (Å²) < 4.78 is 16.6. The van der Waals surface area contributed by atoms with Crippen molar-refractivity contribution in [1.82, 2.24) is 20.5 Å². The van der Waals surface area contributed by atoms with Gasteiger partial charge in [0.2, 0.25) is 0 Å². The van der Waals surface area contributed by atoms with Crippen LogP contribution in [-0.4, -0.2) is 41.9 Å². The number of aromatic nitrogens is 3. The molecule has 0 bridgehead atoms. The molecular weight excluding hydrogens is 432 g/mol. The maximum absolute atomic E-state index is 13.0. The molecule has 0 saturated heterocycles. The SMILES string of the molecule is COc1cccc(C(CNC(=O)c2cc(-c3ccco3)[nH]n2)c2c[nH]c3ccccc23)c1OC. The van der Waals surface area contributed by atoms with E-state index in [4.69, 9.17) is 13.9 Å². The molecule has 0 aliphatic heterocycles. The van der Waals surface area contributed by atoms with Crippen LogP contribution in [0.4, 0.5) is 0 Å². The zero-order valence-corrected chi connectivity index (χ0v) is 18.8. The minimum Gasteiger partial charge on any atom is -0.493 e. The number of amides is 1. The lowest BCUT2D eigenvalue weighted by atomic mass is 9.89. The van der Waals surface area contributed by atoms with E-state index >= 15 is 0 Å². The molecule has 0 spiro atoms. The number of fused-ring (bicyclic) bond motifs is 1. The van der Waals surface area contributed by atoms with Crippen molar-refractivity contribution in [2.24, 2.45) is 0 Å². The number of furan rings is 1. The molecule has 0 saturated carbocycles. The van der Waals surface area contributed by atoms with Crippen molar-refractivity contribution >= 4 is 16.8 Å². The zero-order chi connectivity index (χ0) is 23.5. The van der Waals surface area contributed by atoms with Crippen molar-refractivity contribution in [3.63, 3.8) is 0 Å². The fourth-order valence-corrected chi connectivity index (χ4v) is 4.24. The van der Waals surface area contributed by atoms with E-state index in [9.17, 15) is 4.79 Å². The first-order valence-corrected chi connectivity index (χ1v) is 10.8. The maximum Gasteiger partial charge on any atom is 0.271 e. The van der Waals surface area contributed by atoms with Gasteiger partial charge < -0.3 is 24.2 Å². The summed E-state index contributed by atoms with van der Waals surface area (Å²) >= 11 is 0. The molecule has 1 unspecified atom stereocenters. The highest BCUT2D eigenvalue weighted by molar-refractivity contribution is 5.93. The third kappa shape index (κ3) is 3.90. The molecule has 0 aliphatic rings. The quantitative estimate of drug-likeness (QED) is 0.313. The Hall–Kier alpha value is -4.46. The first-order valence-electron chi connectivity index (χ1n) is 10.8. The molecule has 172 valence electrons. The molecule has 1 amide bonds. The Morgan fingerprint density at radius 2 is 1.94 bits per heavy atom. The third-order valence-electron chi connectivity index (χ3n) is 5.87. The molecule has 8 nitrogen and oxygen atoms in total. The number of nitrogens with zero attached hydrogens (tertiary/aromatic N) is 1. The second-order valence-electron chi connectivity index (χ2n) is 7.78. The van der Waals surface area contributed by atoms with E-state index in [1.807, 2.05) is 42.6 Å². The molecule has 1 atom stereocenters. The standard InChI is InChI=1S/C26H24N4O4/c1-32-24-10-5-8-17(25(24)33-2)19(18-14-27-20-9-4-3-7-16(18)20)15-28-26(31)22-13-21(29-30-22)23-11-6-12-34-23/h3-14,19,27H,15H2,1-2H3,(H,28,31)(H,29,30). The Kier molecular flexibility index (Phi) is 5.78. The molecule has 0 fully saturated rings. The monoisotopic (exact) mass is 456 g/mol. The van der Waals surface area contributed by atoms with Gasteiger partial charge in [-0.15, -0.1) is 0 Å². The molecule has 0 radical (unpaired) electrons. The van der Waals surface area contributed by atoms with Crippen molar-refractivity contribution in [2.45, 2.75) is 5.92 Å². The average Bonchev–Trinajstić information content (AvgIpc) is 3.64. The second kappa shape index (κ2) is 9.19. The van der Waals surface area contributed by atoms with Crippen molar-refractivity contribution < 1.29 is 18.7 Å². The minimum absolute atomic E-state index is 0.200. The maximum atomic E-state index is 13.0. The van der Waals surface area contributed by atoms with Crippen LogP contribution in [-0.2, 0) is 0 Å². The Balaban J connectivity index is 1.48. The van der Waals surface area contributed by atoms with Gasteiger partial charge in [0.15, 0.2) is 23.0 Å². The van der Waals surface area contributed by atoms with Crippen LogP contribution in [0.25, 0.3) is 22.4 Å². The number of methoxy groups -OCH3 is 2. The molecule has 0 aliphatic carbocycles. The van der Waals surface area contributed by atoms with E-state index < -0.39 is 0 Å². The lowest BCUT2D eigenvalue weighted by molar-refractivity contribution is 0.0947. The molecule has 3 heterocycles. The van der Waals surface area contributed by atoms with Crippen molar-refractivity contribution in [3.8, 4) is 23.0 Å². The van der Waals surface area contributed by atoms with Crippen molar-refractivity contribution in [3.05, 3.63) is 89.9 Å².